The first-order chi connectivity index (χ1) is 12.5. The molecule has 0 saturated carbocycles. The minimum atomic E-state index is -1.02. The van der Waals surface area contributed by atoms with Crippen LogP contribution in [0.1, 0.15) is 11.6 Å². The molecule has 2 aromatic carbocycles. The van der Waals surface area contributed by atoms with E-state index in [1.54, 1.807) is 30.3 Å². The van der Waals surface area contributed by atoms with Crippen molar-refractivity contribution in [3.05, 3.63) is 76.6 Å². The number of nitrogens with two attached hydrogens (primary N) is 1. The normalized spacial score (nSPS) is 11.9. The molecule has 1 unspecified atom stereocenters. The summed E-state index contributed by atoms with van der Waals surface area (Å²) >= 11 is 0. The van der Waals surface area contributed by atoms with E-state index in [2.05, 4.69) is 10.3 Å². The van der Waals surface area contributed by atoms with Crippen molar-refractivity contribution in [3.63, 3.8) is 0 Å². The van der Waals surface area contributed by atoms with E-state index >= 15 is 0 Å². The van der Waals surface area contributed by atoms with Crippen LogP contribution in [-0.4, -0.2) is 21.4 Å². The Morgan fingerprint density at radius 3 is 2.62 bits per heavy atom. The second-order valence-electron chi connectivity index (χ2n) is 5.65. The topological polar surface area (TPSA) is 107 Å². The number of benzene rings is 2. The first-order valence-corrected chi connectivity index (χ1v) is 7.74. The van der Waals surface area contributed by atoms with E-state index in [-0.39, 0.29) is 11.9 Å². The molecule has 1 heterocycles. The van der Waals surface area contributed by atoms with Crippen LogP contribution in [0.3, 0.4) is 0 Å². The van der Waals surface area contributed by atoms with Crippen LogP contribution in [0.15, 0.2) is 59.7 Å². The molecule has 3 rings (SSSR count). The molecule has 3 N–H and O–H groups in total. The summed E-state index contributed by atoms with van der Waals surface area (Å²) in [7, 11) is 0. The van der Waals surface area contributed by atoms with Gasteiger partial charge >= 0.3 is 0 Å². The van der Waals surface area contributed by atoms with Gasteiger partial charge in [-0.25, -0.2) is 9.37 Å². The van der Waals surface area contributed by atoms with Crippen molar-refractivity contribution in [2.24, 2.45) is 5.73 Å². The van der Waals surface area contributed by atoms with Crippen molar-refractivity contribution in [2.75, 3.05) is 0 Å². The van der Waals surface area contributed by atoms with Crippen LogP contribution < -0.4 is 16.6 Å². The van der Waals surface area contributed by atoms with Crippen molar-refractivity contribution in [2.45, 2.75) is 12.6 Å². The molecule has 1 atom stereocenters. The highest BCUT2D eigenvalue weighted by atomic mass is 19.1. The highest BCUT2D eigenvalue weighted by Gasteiger charge is 2.20. The average molecular weight is 354 g/mol. The Hall–Kier alpha value is -3.55. The Morgan fingerprint density at radius 1 is 1.19 bits per heavy atom. The maximum atomic E-state index is 13.4. The Morgan fingerprint density at radius 2 is 1.92 bits per heavy atom. The Kier molecular flexibility index (Phi) is 4.74. The molecular weight excluding hydrogens is 339 g/mol. The SMILES string of the molecule is NC(=O)C(NC(=O)Cn1cnc2ccc(F)cc2c1=O)c1ccccc1. The molecule has 8 heteroatoms. The molecule has 0 radical (unpaired) electrons. The summed E-state index contributed by atoms with van der Waals surface area (Å²) in [5.41, 5.74) is 5.65. The minimum absolute atomic E-state index is 0.0646. The van der Waals surface area contributed by atoms with Gasteiger partial charge in [0.2, 0.25) is 11.8 Å². The van der Waals surface area contributed by atoms with Crippen molar-refractivity contribution < 1.29 is 14.0 Å². The number of rotatable bonds is 5. The monoisotopic (exact) mass is 354 g/mol. The molecule has 7 nitrogen and oxygen atoms in total. The summed E-state index contributed by atoms with van der Waals surface area (Å²) in [5.74, 6) is -1.90. The van der Waals surface area contributed by atoms with Crippen LogP contribution in [-0.2, 0) is 16.1 Å². The molecule has 0 aliphatic heterocycles. The molecule has 0 spiro atoms. The standard InChI is InChI=1S/C18H15FN4O3/c19-12-6-7-14-13(8-12)18(26)23(10-21-14)9-15(24)22-16(17(20)25)11-4-2-1-3-5-11/h1-8,10,16H,9H2,(H2,20,25)(H,22,24). The van der Waals surface area contributed by atoms with E-state index in [1.165, 1.54) is 18.5 Å². The van der Waals surface area contributed by atoms with Crippen LogP contribution >= 0.6 is 0 Å². The Bertz CT molecular complexity index is 1030. The molecule has 26 heavy (non-hydrogen) atoms. The third-order valence-corrected chi connectivity index (χ3v) is 3.82. The summed E-state index contributed by atoms with van der Waals surface area (Å²) in [5, 5.41) is 2.56. The predicted molar refractivity (Wildman–Crippen MR) is 92.5 cm³/mol. The number of carbonyl (C=O) groups is 2. The first-order valence-electron chi connectivity index (χ1n) is 7.74. The maximum Gasteiger partial charge on any atom is 0.261 e. The highest BCUT2D eigenvalue weighted by Crippen LogP contribution is 2.12. The second-order valence-corrected chi connectivity index (χ2v) is 5.65. The number of amides is 2. The molecular formula is C18H15FN4O3. The Labute approximate surface area is 147 Å². The predicted octanol–water partition coefficient (Wildman–Crippen LogP) is 0.878. The summed E-state index contributed by atoms with van der Waals surface area (Å²) in [6.07, 6.45) is 1.20. The number of halogens is 1. The maximum absolute atomic E-state index is 13.4. The molecule has 1 aromatic heterocycles. The molecule has 0 fully saturated rings. The van der Waals surface area contributed by atoms with Crippen LogP contribution in [0, 0.1) is 5.82 Å². The van der Waals surface area contributed by atoms with Crippen LogP contribution in [0.5, 0.6) is 0 Å². The van der Waals surface area contributed by atoms with E-state index in [0.29, 0.717) is 11.1 Å². The van der Waals surface area contributed by atoms with Crippen molar-refractivity contribution in [1.82, 2.24) is 14.9 Å². The highest BCUT2D eigenvalue weighted by molar-refractivity contribution is 5.87. The van der Waals surface area contributed by atoms with Crippen LogP contribution in [0.25, 0.3) is 10.9 Å². The fraction of sp³-hybridized carbons (Fsp3) is 0.111. The molecule has 2 amide bonds. The van der Waals surface area contributed by atoms with E-state index in [4.69, 9.17) is 5.73 Å². The van der Waals surface area contributed by atoms with Gasteiger partial charge in [0.1, 0.15) is 18.4 Å². The summed E-state index contributed by atoms with van der Waals surface area (Å²) in [4.78, 5) is 40.4. The lowest BCUT2D eigenvalue weighted by atomic mass is 10.1. The number of hydrogen-bond acceptors (Lipinski definition) is 4. The van der Waals surface area contributed by atoms with Gasteiger partial charge in [0, 0.05) is 0 Å². The van der Waals surface area contributed by atoms with Crippen molar-refractivity contribution in [3.8, 4) is 0 Å². The number of hydrogen-bond donors (Lipinski definition) is 2. The average Bonchev–Trinajstić information content (AvgIpc) is 2.63. The molecule has 132 valence electrons. The smallest absolute Gasteiger partial charge is 0.261 e. The molecule has 0 aliphatic carbocycles. The van der Waals surface area contributed by atoms with Gasteiger partial charge in [-0.3, -0.25) is 19.0 Å². The van der Waals surface area contributed by atoms with Gasteiger partial charge in [0.05, 0.1) is 17.2 Å². The first kappa shape index (κ1) is 17.3. The zero-order valence-electron chi connectivity index (χ0n) is 13.6. The second kappa shape index (κ2) is 7.14. The van der Waals surface area contributed by atoms with E-state index in [1.807, 2.05) is 0 Å². The van der Waals surface area contributed by atoms with Gasteiger partial charge < -0.3 is 11.1 Å². The quantitative estimate of drug-likeness (QED) is 0.709. The fourth-order valence-electron chi connectivity index (χ4n) is 2.57. The van der Waals surface area contributed by atoms with Crippen molar-refractivity contribution in [1.29, 1.82) is 0 Å². The van der Waals surface area contributed by atoms with Crippen molar-refractivity contribution >= 4 is 22.7 Å². The van der Waals surface area contributed by atoms with E-state index in [0.717, 1.165) is 10.6 Å². The van der Waals surface area contributed by atoms with Gasteiger partial charge in [-0.05, 0) is 23.8 Å². The van der Waals surface area contributed by atoms with Gasteiger partial charge in [0.25, 0.3) is 5.56 Å². The summed E-state index contributed by atoms with van der Waals surface area (Å²) in [6.45, 7) is -0.380. The van der Waals surface area contributed by atoms with E-state index < -0.39 is 29.2 Å². The largest absolute Gasteiger partial charge is 0.368 e. The molecule has 3 aromatic rings. The van der Waals surface area contributed by atoms with Gasteiger partial charge in [0.15, 0.2) is 0 Å². The minimum Gasteiger partial charge on any atom is -0.368 e. The van der Waals surface area contributed by atoms with Gasteiger partial charge in [-0.2, -0.15) is 0 Å². The molecule has 0 aliphatic rings. The lowest BCUT2D eigenvalue weighted by Gasteiger charge is -2.16. The van der Waals surface area contributed by atoms with Crippen LogP contribution in [0.2, 0.25) is 0 Å². The number of carbonyl (C=O) groups excluding carboxylic acids is 2. The van der Waals surface area contributed by atoms with E-state index in [9.17, 15) is 18.8 Å². The number of nitrogens with zero attached hydrogens (tertiary/aromatic N) is 2. The third-order valence-electron chi connectivity index (χ3n) is 3.82. The number of nitrogens with one attached hydrogen (secondary N) is 1. The Balaban J connectivity index is 1.83. The van der Waals surface area contributed by atoms with Crippen LogP contribution in [0.4, 0.5) is 4.39 Å². The zero-order valence-corrected chi connectivity index (χ0v) is 13.6. The summed E-state index contributed by atoms with van der Waals surface area (Å²) < 4.78 is 14.4. The fourth-order valence-corrected chi connectivity index (χ4v) is 2.57. The summed E-state index contributed by atoms with van der Waals surface area (Å²) in [6, 6.07) is 11.1. The number of aromatic nitrogens is 2. The molecule has 0 bridgehead atoms. The number of fused-ring (bicyclic) bond motifs is 1. The van der Waals surface area contributed by atoms with Gasteiger partial charge in [-0.15, -0.1) is 0 Å². The number of primary amides is 1. The lowest BCUT2D eigenvalue weighted by Crippen LogP contribution is -2.40. The van der Waals surface area contributed by atoms with Gasteiger partial charge in [-0.1, -0.05) is 30.3 Å². The zero-order chi connectivity index (χ0) is 18.7. The third kappa shape index (κ3) is 3.59. The lowest BCUT2D eigenvalue weighted by molar-refractivity contribution is -0.127. The molecule has 0 saturated heterocycles.